The SMILES string of the molecule is CCCC(C)CCCC(CCC)CC(C)CC(C)CC. The summed E-state index contributed by atoms with van der Waals surface area (Å²) in [5.41, 5.74) is 0. The molecule has 0 radical (unpaired) electrons. The van der Waals surface area contributed by atoms with Gasteiger partial charge in [0.15, 0.2) is 0 Å². The molecule has 0 aliphatic heterocycles. The summed E-state index contributed by atoms with van der Waals surface area (Å²) >= 11 is 0. The molecule has 0 aromatic heterocycles. The van der Waals surface area contributed by atoms with Crippen LogP contribution in [0.15, 0.2) is 0 Å². The molecule has 0 spiro atoms. The normalized spacial score (nSPS) is 17.7. The molecule has 0 aliphatic rings. The monoisotopic (exact) mass is 282 g/mol. The predicted molar refractivity (Wildman–Crippen MR) is 94.2 cm³/mol. The van der Waals surface area contributed by atoms with Crippen LogP contribution in [0, 0.1) is 23.7 Å². The van der Waals surface area contributed by atoms with Crippen molar-refractivity contribution < 1.29 is 0 Å². The largest absolute Gasteiger partial charge is 0.0654 e. The van der Waals surface area contributed by atoms with Crippen LogP contribution in [0.2, 0.25) is 0 Å². The zero-order valence-corrected chi connectivity index (χ0v) is 15.4. The third-order valence-corrected chi connectivity index (χ3v) is 5.03. The van der Waals surface area contributed by atoms with Crippen molar-refractivity contribution in [1.29, 1.82) is 0 Å². The highest BCUT2D eigenvalue weighted by molar-refractivity contribution is 4.67. The second kappa shape index (κ2) is 12.7. The van der Waals surface area contributed by atoms with Crippen LogP contribution in [0.25, 0.3) is 0 Å². The first kappa shape index (κ1) is 20.0. The topological polar surface area (TPSA) is 0 Å². The second-order valence-corrected chi connectivity index (χ2v) is 7.57. The van der Waals surface area contributed by atoms with Crippen molar-refractivity contribution in [2.24, 2.45) is 23.7 Å². The van der Waals surface area contributed by atoms with Gasteiger partial charge in [0.2, 0.25) is 0 Å². The molecule has 0 aromatic carbocycles. The average Bonchev–Trinajstić information content (AvgIpc) is 2.38. The Morgan fingerprint density at radius 1 is 0.600 bits per heavy atom. The zero-order valence-electron chi connectivity index (χ0n) is 15.4. The van der Waals surface area contributed by atoms with E-state index < -0.39 is 0 Å². The molecule has 0 saturated carbocycles. The highest BCUT2D eigenvalue weighted by Gasteiger charge is 2.15. The Morgan fingerprint density at radius 2 is 1.25 bits per heavy atom. The van der Waals surface area contributed by atoms with Crippen molar-refractivity contribution in [3.8, 4) is 0 Å². The van der Waals surface area contributed by atoms with Gasteiger partial charge in [0.25, 0.3) is 0 Å². The summed E-state index contributed by atoms with van der Waals surface area (Å²) in [6.45, 7) is 14.3. The maximum Gasteiger partial charge on any atom is -0.0412 e. The van der Waals surface area contributed by atoms with E-state index in [9.17, 15) is 0 Å². The van der Waals surface area contributed by atoms with Crippen molar-refractivity contribution >= 4 is 0 Å². The number of hydrogen-bond acceptors (Lipinski definition) is 0. The fraction of sp³-hybridized carbons (Fsp3) is 1.00. The van der Waals surface area contributed by atoms with Crippen molar-refractivity contribution in [3.63, 3.8) is 0 Å². The van der Waals surface area contributed by atoms with Crippen LogP contribution in [0.5, 0.6) is 0 Å². The molecular weight excluding hydrogens is 240 g/mol. The summed E-state index contributed by atoms with van der Waals surface area (Å²) in [5, 5.41) is 0. The number of hydrogen-bond donors (Lipinski definition) is 0. The van der Waals surface area contributed by atoms with Gasteiger partial charge in [0.1, 0.15) is 0 Å². The summed E-state index contributed by atoms with van der Waals surface area (Å²) in [6, 6.07) is 0. The van der Waals surface area contributed by atoms with Crippen LogP contribution in [-0.4, -0.2) is 0 Å². The fourth-order valence-corrected chi connectivity index (χ4v) is 3.70. The molecule has 0 heterocycles. The van der Waals surface area contributed by atoms with Gasteiger partial charge in [-0.25, -0.2) is 0 Å². The quantitative estimate of drug-likeness (QED) is 0.328. The number of rotatable bonds is 13. The minimum Gasteiger partial charge on any atom is -0.0654 e. The van der Waals surface area contributed by atoms with Crippen LogP contribution in [0.1, 0.15) is 106 Å². The Balaban J connectivity index is 3.96. The Bertz CT molecular complexity index is 196. The van der Waals surface area contributed by atoms with E-state index in [1.165, 1.54) is 64.2 Å². The van der Waals surface area contributed by atoms with Crippen molar-refractivity contribution in [2.75, 3.05) is 0 Å². The predicted octanol–water partition coefficient (Wildman–Crippen LogP) is 7.47. The lowest BCUT2D eigenvalue weighted by molar-refractivity contribution is 0.292. The average molecular weight is 283 g/mol. The first-order valence-electron chi connectivity index (χ1n) is 9.53. The molecule has 0 aromatic rings. The van der Waals surface area contributed by atoms with Crippen molar-refractivity contribution in [3.05, 3.63) is 0 Å². The van der Waals surface area contributed by atoms with E-state index in [4.69, 9.17) is 0 Å². The van der Waals surface area contributed by atoms with E-state index in [-0.39, 0.29) is 0 Å². The van der Waals surface area contributed by atoms with Gasteiger partial charge in [0.05, 0.1) is 0 Å². The minimum atomic E-state index is 0.914. The fourth-order valence-electron chi connectivity index (χ4n) is 3.70. The molecule has 122 valence electrons. The zero-order chi connectivity index (χ0) is 15.4. The molecule has 0 heteroatoms. The van der Waals surface area contributed by atoms with Gasteiger partial charge in [-0.1, -0.05) is 92.9 Å². The second-order valence-electron chi connectivity index (χ2n) is 7.57. The highest BCUT2D eigenvalue weighted by Crippen LogP contribution is 2.28. The van der Waals surface area contributed by atoms with E-state index in [1.54, 1.807) is 0 Å². The Morgan fingerprint density at radius 3 is 1.80 bits per heavy atom. The first-order chi connectivity index (χ1) is 9.53. The maximum absolute atomic E-state index is 2.48. The molecule has 4 unspecified atom stereocenters. The summed E-state index contributed by atoms with van der Waals surface area (Å²) in [5.74, 6) is 3.78. The van der Waals surface area contributed by atoms with Crippen LogP contribution in [-0.2, 0) is 0 Å². The summed E-state index contributed by atoms with van der Waals surface area (Å²) < 4.78 is 0. The summed E-state index contributed by atoms with van der Waals surface area (Å²) in [7, 11) is 0. The Hall–Kier alpha value is 0. The lowest BCUT2D eigenvalue weighted by Gasteiger charge is -2.23. The smallest absolute Gasteiger partial charge is 0.0412 e. The third kappa shape index (κ3) is 10.7. The van der Waals surface area contributed by atoms with Crippen molar-refractivity contribution in [1.82, 2.24) is 0 Å². The molecule has 0 N–H and O–H groups in total. The molecule has 0 fully saturated rings. The standard InChI is InChI=1S/C20H42/c1-7-11-18(5)13-10-14-20(12-8-2)16-19(6)15-17(4)9-3/h17-20H,7-16H2,1-6H3. The molecule has 0 amide bonds. The molecule has 20 heavy (non-hydrogen) atoms. The molecule has 0 nitrogen and oxygen atoms in total. The van der Waals surface area contributed by atoms with E-state index in [2.05, 4.69) is 41.5 Å². The lowest BCUT2D eigenvalue weighted by atomic mass is 9.83. The van der Waals surface area contributed by atoms with Crippen LogP contribution in [0.3, 0.4) is 0 Å². The molecular formula is C20H42. The maximum atomic E-state index is 2.48. The van der Waals surface area contributed by atoms with Gasteiger partial charge in [-0.05, 0) is 36.5 Å². The van der Waals surface area contributed by atoms with Gasteiger partial charge < -0.3 is 0 Å². The van der Waals surface area contributed by atoms with Crippen LogP contribution in [0.4, 0.5) is 0 Å². The van der Waals surface area contributed by atoms with Crippen molar-refractivity contribution in [2.45, 2.75) is 106 Å². The molecule has 4 atom stereocenters. The highest BCUT2D eigenvalue weighted by atomic mass is 14.2. The lowest BCUT2D eigenvalue weighted by Crippen LogP contribution is -2.10. The van der Waals surface area contributed by atoms with Crippen LogP contribution >= 0.6 is 0 Å². The summed E-state index contributed by atoms with van der Waals surface area (Å²) in [6.07, 6.45) is 14.2. The first-order valence-corrected chi connectivity index (χ1v) is 9.53. The van der Waals surface area contributed by atoms with Gasteiger partial charge in [-0.3, -0.25) is 0 Å². The Kier molecular flexibility index (Phi) is 12.7. The van der Waals surface area contributed by atoms with E-state index in [1.807, 2.05) is 0 Å². The van der Waals surface area contributed by atoms with E-state index in [0.717, 1.165) is 23.7 Å². The van der Waals surface area contributed by atoms with Gasteiger partial charge in [0, 0.05) is 0 Å². The van der Waals surface area contributed by atoms with E-state index >= 15 is 0 Å². The minimum absolute atomic E-state index is 0.914. The third-order valence-electron chi connectivity index (χ3n) is 5.03. The Labute approximate surface area is 130 Å². The molecule has 0 aliphatic carbocycles. The summed E-state index contributed by atoms with van der Waals surface area (Å²) in [4.78, 5) is 0. The molecule has 0 rings (SSSR count). The van der Waals surface area contributed by atoms with Gasteiger partial charge >= 0.3 is 0 Å². The molecule has 0 saturated heterocycles. The van der Waals surface area contributed by atoms with Gasteiger partial charge in [-0.15, -0.1) is 0 Å². The van der Waals surface area contributed by atoms with E-state index in [0.29, 0.717) is 0 Å². The molecule has 0 bridgehead atoms. The van der Waals surface area contributed by atoms with Gasteiger partial charge in [-0.2, -0.15) is 0 Å². The van der Waals surface area contributed by atoms with Crippen LogP contribution < -0.4 is 0 Å².